The van der Waals surface area contributed by atoms with Crippen LogP contribution in [0.1, 0.15) is 12.8 Å². The number of ether oxygens (including phenoxy) is 2. The number of halogens is 6. The number of alkyl halides is 6. The zero-order valence-electron chi connectivity index (χ0n) is 10.6. The van der Waals surface area contributed by atoms with Crippen LogP contribution in [0.2, 0.25) is 0 Å². The number of carbonyl (C=O) groups excluding carboxylic acids is 2. The zero-order chi connectivity index (χ0) is 16.5. The van der Waals surface area contributed by atoms with Gasteiger partial charge in [-0.2, -0.15) is 26.3 Å². The molecule has 0 aliphatic rings. The summed E-state index contributed by atoms with van der Waals surface area (Å²) in [5.74, 6) is -4.55. The largest absolute Gasteiger partial charge is 0.490 e. The van der Waals surface area contributed by atoms with Gasteiger partial charge in [0.05, 0.1) is 13.2 Å². The van der Waals surface area contributed by atoms with Gasteiger partial charge in [-0.05, 0) is 25.9 Å². The van der Waals surface area contributed by atoms with Gasteiger partial charge in [0, 0.05) is 0 Å². The van der Waals surface area contributed by atoms with Crippen molar-refractivity contribution >= 4 is 11.9 Å². The number of carbonyl (C=O) groups is 2. The number of hydrogen-bond donors (Lipinski definition) is 1. The van der Waals surface area contributed by atoms with Gasteiger partial charge in [-0.15, -0.1) is 0 Å². The highest BCUT2D eigenvalue weighted by atomic mass is 19.4. The van der Waals surface area contributed by atoms with Gasteiger partial charge in [0.2, 0.25) is 0 Å². The quantitative estimate of drug-likeness (QED) is 0.417. The molecule has 0 saturated heterocycles. The van der Waals surface area contributed by atoms with Gasteiger partial charge in [-0.25, -0.2) is 9.59 Å². The first kappa shape index (κ1) is 19.5. The van der Waals surface area contributed by atoms with E-state index in [-0.39, 0.29) is 25.9 Å². The van der Waals surface area contributed by atoms with Crippen molar-refractivity contribution in [2.24, 2.45) is 0 Å². The van der Waals surface area contributed by atoms with Gasteiger partial charge in [-0.1, -0.05) is 0 Å². The topological polar surface area (TPSA) is 64.6 Å². The van der Waals surface area contributed by atoms with Gasteiger partial charge >= 0.3 is 24.3 Å². The van der Waals surface area contributed by atoms with Crippen molar-refractivity contribution < 1.29 is 45.4 Å². The highest BCUT2D eigenvalue weighted by Crippen LogP contribution is 2.17. The van der Waals surface area contributed by atoms with Crippen molar-refractivity contribution in [1.82, 2.24) is 5.32 Å². The second kappa shape index (κ2) is 8.70. The Bertz CT molecular complexity index is 309. The molecule has 0 radical (unpaired) electrons. The van der Waals surface area contributed by atoms with Crippen LogP contribution in [0.15, 0.2) is 0 Å². The standard InChI is InChI=1S/C10H13F6NO4/c11-9(12,13)7(18)20-5-1-3-17-4-2-6-21-8(19)10(14,15)16/h17H,1-6H2. The first-order valence-electron chi connectivity index (χ1n) is 5.73. The summed E-state index contributed by atoms with van der Waals surface area (Å²) >= 11 is 0. The van der Waals surface area contributed by atoms with Gasteiger partial charge in [0.15, 0.2) is 0 Å². The minimum atomic E-state index is -5.03. The van der Waals surface area contributed by atoms with E-state index in [4.69, 9.17) is 0 Å². The molecule has 0 aromatic carbocycles. The Morgan fingerprint density at radius 1 is 0.762 bits per heavy atom. The van der Waals surface area contributed by atoms with Gasteiger partial charge in [0.25, 0.3) is 0 Å². The third-order valence-electron chi connectivity index (χ3n) is 1.93. The minimum Gasteiger partial charge on any atom is -0.459 e. The van der Waals surface area contributed by atoms with Crippen LogP contribution in [-0.4, -0.2) is 50.6 Å². The highest BCUT2D eigenvalue weighted by molar-refractivity contribution is 5.75. The van der Waals surface area contributed by atoms with Crippen LogP contribution in [0.25, 0.3) is 0 Å². The van der Waals surface area contributed by atoms with Crippen molar-refractivity contribution in [3.63, 3.8) is 0 Å². The smallest absolute Gasteiger partial charge is 0.459 e. The highest BCUT2D eigenvalue weighted by Gasteiger charge is 2.41. The summed E-state index contributed by atoms with van der Waals surface area (Å²) in [5.41, 5.74) is 0. The van der Waals surface area contributed by atoms with Crippen LogP contribution in [0, 0.1) is 0 Å². The molecule has 0 rings (SSSR count). The minimum absolute atomic E-state index is 0.101. The Morgan fingerprint density at radius 3 is 1.38 bits per heavy atom. The molecule has 0 fully saturated rings. The van der Waals surface area contributed by atoms with E-state index in [9.17, 15) is 35.9 Å². The van der Waals surface area contributed by atoms with Crippen LogP contribution in [0.3, 0.4) is 0 Å². The van der Waals surface area contributed by atoms with Crippen LogP contribution >= 0.6 is 0 Å². The fraction of sp³-hybridized carbons (Fsp3) is 0.800. The maximum absolute atomic E-state index is 11.7. The predicted octanol–water partition coefficient (Wildman–Crippen LogP) is 1.57. The fourth-order valence-corrected chi connectivity index (χ4v) is 1.01. The third-order valence-corrected chi connectivity index (χ3v) is 1.93. The van der Waals surface area contributed by atoms with Crippen molar-refractivity contribution in [2.75, 3.05) is 26.3 Å². The Morgan fingerprint density at radius 2 is 1.10 bits per heavy atom. The normalized spacial score (nSPS) is 12.1. The molecule has 0 bridgehead atoms. The molecule has 21 heavy (non-hydrogen) atoms. The monoisotopic (exact) mass is 325 g/mol. The average Bonchev–Trinajstić information content (AvgIpc) is 2.33. The second-order valence-electron chi connectivity index (χ2n) is 3.72. The molecule has 0 aliphatic heterocycles. The zero-order valence-corrected chi connectivity index (χ0v) is 10.6. The van der Waals surface area contributed by atoms with Gasteiger partial charge in [-0.3, -0.25) is 0 Å². The number of hydrogen-bond acceptors (Lipinski definition) is 5. The molecule has 0 aromatic heterocycles. The summed E-state index contributed by atoms with van der Waals surface area (Å²) in [4.78, 5) is 20.6. The van der Waals surface area contributed by atoms with Crippen LogP contribution < -0.4 is 5.32 Å². The molecule has 0 atom stereocenters. The molecule has 0 saturated carbocycles. The maximum atomic E-state index is 11.7. The van der Waals surface area contributed by atoms with E-state index >= 15 is 0 Å². The summed E-state index contributed by atoms with van der Waals surface area (Å²) in [6, 6.07) is 0. The van der Waals surface area contributed by atoms with Crippen molar-refractivity contribution in [3.05, 3.63) is 0 Å². The van der Waals surface area contributed by atoms with Crippen molar-refractivity contribution in [1.29, 1.82) is 0 Å². The Balaban J connectivity index is 3.42. The molecule has 124 valence electrons. The van der Waals surface area contributed by atoms with E-state index in [0.29, 0.717) is 0 Å². The summed E-state index contributed by atoms with van der Waals surface area (Å²) in [6.07, 6.45) is -9.86. The number of esters is 2. The first-order chi connectivity index (χ1) is 9.55. The SMILES string of the molecule is O=C(OCCCNCCCOC(=O)C(F)(F)F)C(F)(F)F. The molecule has 0 aliphatic carbocycles. The lowest BCUT2D eigenvalue weighted by atomic mass is 10.4. The van der Waals surface area contributed by atoms with Crippen LogP contribution in [0.4, 0.5) is 26.3 Å². The predicted molar refractivity (Wildman–Crippen MR) is 56.1 cm³/mol. The number of nitrogens with one attached hydrogen (secondary N) is 1. The van der Waals surface area contributed by atoms with Crippen LogP contribution in [-0.2, 0) is 19.1 Å². The van der Waals surface area contributed by atoms with E-state index in [1.165, 1.54) is 0 Å². The maximum Gasteiger partial charge on any atom is 0.490 e. The van der Waals surface area contributed by atoms with E-state index < -0.39 is 37.5 Å². The van der Waals surface area contributed by atoms with Crippen molar-refractivity contribution in [2.45, 2.75) is 25.2 Å². The molecule has 0 aromatic rings. The number of rotatable bonds is 8. The Kier molecular flexibility index (Phi) is 8.07. The molecule has 1 N–H and O–H groups in total. The molecule has 0 unspecified atom stereocenters. The Hall–Kier alpha value is -1.52. The molecule has 5 nitrogen and oxygen atoms in total. The molecular weight excluding hydrogens is 312 g/mol. The summed E-state index contributed by atoms with van der Waals surface area (Å²) in [5, 5.41) is 2.67. The lowest BCUT2D eigenvalue weighted by molar-refractivity contribution is -0.199. The third kappa shape index (κ3) is 9.93. The van der Waals surface area contributed by atoms with E-state index in [1.54, 1.807) is 0 Å². The molecule has 11 heteroatoms. The lowest BCUT2D eigenvalue weighted by Gasteiger charge is -2.09. The summed E-state index contributed by atoms with van der Waals surface area (Å²) < 4.78 is 78.0. The molecular formula is C10H13F6NO4. The van der Waals surface area contributed by atoms with Gasteiger partial charge < -0.3 is 14.8 Å². The first-order valence-corrected chi connectivity index (χ1v) is 5.73. The molecule has 0 heterocycles. The summed E-state index contributed by atoms with van der Waals surface area (Å²) in [7, 11) is 0. The molecule has 0 amide bonds. The molecule has 0 spiro atoms. The van der Waals surface area contributed by atoms with Crippen LogP contribution in [0.5, 0.6) is 0 Å². The van der Waals surface area contributed by atoms with E-state index in [0.717, 1.165) is 0 Å². The van der Waals surface area contributed by atoms with Crippen molar-refractivity contribution in [3.8, 4) is 0 Å². The second-order valence-corrected chi connectivity index (χ2v) is 3.72. The van der Waals surface area contributed by atoms with E-state index in [1.807, 2.05) is 0 Å². The Labute approximate surface area is 115 Å². The average molecular weight is 325 g/mol. The fourth-order valence-electron chi connectivity index (χ4n) is 1.01. The van der Waals surface area contributed by atoms with E-state index in [2.05, 4.69) is 14.8 Å². The lowest BCUT2D eigenvalue weighted by Crippen LogP contribution is -2.28. The summed E-state index contributed by atoms with van der Waals surface area (Å²) in [6.45, 7) is -0.487. The van der Waals surface area contributed by atoms with Gasteiger partial charge in [0.1, 0.15) is 0 Å².